The van der Waals surface area contributed by atoms with Crippen molar-refractivity contribution >= 4 is 0 Å². The third kappa shape index (κ3) is 1.21. The Labute approximate surface area is 70.4 Å². The molecular formula is C11H20. The van der Waals surface area contributed by atoms with Gasteiger partial charge in [-0.3, -0.25) is 0 Å². The van der Waals surface area contributed by atoms with Crippen LogP contribution >= 0.6 is 0 Å². The Morgan fingerprint density at radius 1 is 1.09 bits per heavy atom. The number of rotatable bonds is 1. The predicted molar refractivity (Wildman–Crippen MR) is 48.5 cm³/mol. The smallest absolute Gasteiger partial charge is 0.0266 e. The van der Waals surface area contributed by atoms with E-state index in [1.54, 1.807) is 19.3 Å². The first-order valence-corrected chi connectivity index (χ1v) is 5.25. The lowest BCUT2D eigenvalue weighted by molar-refractivity contribution is 0.159. The molecule has 0 aromatic heterocycles. The molecule has 1 atom stereocenters. The maximum atomic E-state index is 2.41. The first-order chi connectivity index (χ1) is 5.25. The summed E-state index contributed by atoms with van der Waals surface area (Å²) in [6.07, 6.45) is 9.20. The summed E-state index contributed by atoms with van der Waals surface area (Å²) in [5.74, 6) is 2.02. The zero-order chi connectivity index (χ0) is 7.90. The van der Waals surface area contributed by atoms with Crippen LogP contribution in [0.25, 0.3) is 0 Å². The zero-order valence-electron chi connectivity index (χ0n) is 7.90. The van der Waals surface area contributed by atoms with Crippen LogP contribution in [0.4, 0.5) is 0 Å². The highest BCUT2D eigenvalue weighted by Gasteiger charge is 2.50. The Hall–Kier alpha value is 0. The summed E-state index contributed by atoms with van der Waals surface area (Å²) in [4.78, 5) is 0. The van der Waals surface area contributed by atoms with Crippen molar-refractivity contribution in [2.75, 3.05) is 0 Å². The Balaban J connectivity index is 2.04. The highest BCUT2D eigenvalue weighted by atomic mass is 14.5. The molecule has 0 amide bonds. The molecule has 0 aromatic rings. The van der Waals surface area contributed by atoms with Crippen molar-refractivity contribution in [2.24, 2.45) is 17.3 Å². The minimum atomic E-state index is 0.867. The highest BCUT2D eigenvalue weighted by molar-refractivity contribution is 5.00. The summed E-state index contributed by atoms with van der Waals surface area (Å²) in [5, 5.41) is 0. The number of hydrogen-bond donors (Lipinski definition) is 0. The third-order valence-electron chi connectivity index (χ3n) is 3.92. The third-order valence-corrected chi connectivity index (χ3v) is 3.92. The second-order valence-electron chi connectivity index (χ2n) is 4.96. The maximum absolute atomic E-state index is 2.41. The van der Waals surface area contributed by atoms with Crippen molar-refractivity contribution in [3.05, 3.63) is 0 Å². The van der Waals surface area contributed by atoms with Gasteiger partial charge in [0.15, 0.2) is 0 Å². The van der Waals surface area contributed by atoms with Gasteiger partial charge in [-0.25, -0.2) is 0 Å². The van der Waals surface area contributed by atoms with Gasteiger partial charge in [0.2, 0.25) is 0 Å². The van der Waals surface area contributed by atoms with Crippen molar-refractivity contribution in [3.63, 3.8) is 0 Å². The van der Waals surface area contributed by atoms with Crippen LogP contribution in [0.15, 0.2) is 0 Å². The molecule has 0 saturated heterocycles. The zero-order valence-corrected chi connectivity index (χ0v) is 7.90. The van der Waals surface area contributed by atoms with E-state index >= 15 is 0 Å². The van der Waals surface area contributed by atoms with E-state index in [0.717, 1.165) is 17.3 Å². The van der Waals surface area contributed by atoms with Crippen LogP contribution in [-0.4, -0.2) is 0 Å². The minimum Gasteiger partial charge on any atom is -0.0625 e. The molecule has 2 saturated carbocycles. The first kappa shape index (κ1) is 7.64. The Morgan fingerprint density at radius 2 is 1.82 bits per heavy atom. The van der Waals surface area contributed by atoms with Gasteiger partial charge in [-0.2, -0.15) is 0 Å². The van der Waals surface area contributed by atoms with Crippen molar-refractivity contribution in [2.45, 2.75) is 52.4 Å². The Morgan fingerprint density at radius 3 is 2.27 bits per heavy atom. The fourth-order valence-electron chi connectivity index (χ4n) is 3.15. The molecule has 0 aromatic carbocycles. The van der Waals surface area contributed by atoms with Gasteiger partial charge in [0.1, 0.15) is 0 Å². The fraction of sp³-hybridized carbons (Fsp3) is 1.00. The van der Waals surface area contributed by atoms with Gasteiger partial charge in [-0.15, -0.1) is 0 Å². The first-order valence-electron chi connectivity index (χ1n) is 5.25. The molecule has 0 N–H and O–H groups in total. The van der Waals surface area contributed by atoms with E-state index < -0.39 is 0 Å². The molecule has 0 bridgehead atoms. The van der Waals surface area contributed by atoms with Gasteiger partial charge in [0.25, 0.3) is 0 Å². The van der Waals surface area contributed by atoms with Gasteiger partial charge in [-0.1, -0.05) is 26.7 Å². The monoisotopic (exact) mass is 152 g/mol. The standard InChI is InChI=1S/C11H20/c1-9(2)10-5-3-4-6-11(10)7-8-11/h9-10H,3-8H2,1-2H3. The van der Waals surface area contributed by atoms with E-state index in [0.29, 0.717) is 0 Å². The quantitative estimate of drug-likeness (QED) is 0.538. The second-order valence-corrected chi connectivity index (χ2v) is 4.96. The van der Waals surface area contributed by atoms with E-state index in [4.69, 9.17) is 0 Å². The number of hydrogen-bond acceptors (Lipinski definition) is 0. The lowest BCUT2D eigenvalue weighted by atomic mass is 9.71. The van der Waals surface area contributed by atoms with Crippen LogP contribution in [0.2, 0.25) is 0 Å². The van der Waals surface area contributed by atoms with Crippen molar-refractivity contribution < 1.29 is 0 Å². The fourth-order valence-corrected chi connectivity index (χ4v) is 3.15. The molecule has 64 valence electrons. The lowest BCUT2D eigenvalue weighted by Gasteiger charge is -2.34. The molecule has 2 aliphatic rings. The predicted octanol–water partition coefficient (Wildman–Crippen LogP) is 3.61. The summed E-state index contributed by atoms with van der Waals surface area (Å²) in [5.41, 5.74) is 0.867. The van der Waals surface area contributed by atoms with Gasteiger partial charge in [-0.05, 0) is 42.9 Å². The lowest BCUT2D eigenvalue weighted by Crippen LogP contribution is -2.25. The van der Waals surface area contributed by atoms with Gasteiger partial charge in [0, 0.05) is 0 Å². The van der Waals surface area contributed by atoms with E-state index in [2.05, 4.69) is 13.8 Å². The summed E-state index contributed by atoms with van der Waals surface area (Å²) < 4.78 is 0. The van der Waals surface area contributed by atoms with Gasteiger partial charge in [0.05, 0.1) is 0 Å². The van der Waals surface area contributed by atoms with Crippen LogP contribution < -0.4 is 0 Å². The van der Waals surface area contributed by atoms with Crippen LogP contribution in [-0.2, 0) is 0 Å². The van der Waals surface area contributed by atoms with E-state index in [1.807, 2.05) is 0 Å². The molecular weight excluding hydrogens is 132 g/mol. The van der Waals surface area contributed by atoms with E-state index in [9.17, 15) is 0 Å². The molecule has 2 fully saturated rings. The van der Waals surface area contributed by atoms with Crippen molar-refractivity contribution in [3.8, 4) is 0 Å². The molecule has 1 unspecified atom stereocenters. The topological polar surface area (TPSA) is 0 Å². The highest BCUT2D eigenvalue weighted by Crippen LogP contribution is 2.61. The molecule has 1 spiro atoms. The molecule has 0 heterocycles. The maximum Gasteiger partial charge on any atom is -0.0266 e. The summed E-state index contributed by atoms with van der Waals surface area (Å²) in [6.45, 7) is 4.83. The van der Waals surface area contributed by atoms with E-state index in [-0.39, 0.29) is 0 Å². The molecule has 0 radical (unpaired) electrons. The average molecular weight is 152 g/mol. The summed E-state index contributed by atoms with van der Waals surface area (Å²) >= 11 is 0. The summed E-state index contributed by atoms with van der Waals surface area (Å²) in [6, 6.07) is 0. The molecule has 0 heteroatoms. The van der Waals surface area contributed by atoms with Crippen molar-refractivity contribution in [1.82, 2.24) is 0 Å². The molecule has 11 heavy (non-hydrogen) atoms. The van der Waals surface area contributed by atoms with Crippen LogP contribution in [0, 0.1) is 17.3 Å². The Kier molecular flexibility index (Phi) is 1.74. The SMILES string of the molecule is CC(C)C1CCCCC12CC2. The van der Waals surface area contributed by atoms with Gasteiger partial charge < -0.3 is 0 Å². The van der Waals surface area contributed by atoms with Crippen LogP contribution in [0.3, 0.4) is 0 Å². The largest absolute Gasteiger partial charge is 0.0625 e. The molecule has 2 aliphatic carbocycles. The van der Waals surface area contributed by atoms with E-state index in [1.165, 1.54) is 19.3 Å². The summed E-state index contributed by atoms with van der Waals surface area (Å²) in [7, 11) is 0. The molecule has 0 nitrogen and oxygen atoms in total. The van der Waals surface area contributed by atoms with Crippen LogP contribution in [0.1, 0.15) is 52.4 Å². The average Bonchev–Trinajstić information content (AvgIpc) is 2.70. The van der Waals surface area contributed by atoms with Crippen LogP contribution in [0.5, 0.6) is 0 Å². The Bertz CT molecular complexity index is 142. The van der Waals surface area contributed by atoms with Gasteiger partial charge >= 0.3 is 0 Å². The minimum absolute atomic E-state index is 0.867. The molecule has 0 aliphatic heterocycles. The molecule has 2 rings (SSSR count). The van der Waals surface area contributed by atoms with Crippen molar-refractivity contribution in [1.29, 1.82) is 0 Å². The normalized spacial score (nSPS) is 34.6. The second kappa shape index (κ2) is 2.50.